The maximum Gasteiger partial charge on any atom is 0.113 e. The van der Waals surface area contributed by atoms with Gasteiger partial charge in [-0.1, -0.05) is 162 Å². The third-order valence-electron chi connectivity index (χ3n) is 23.2. The number of rotatable bonds is 4. The molecule has 6 aromatic rings. The van der Waals surface area contributed by atoms with Crippen molar-refractivity contribution in [1.29, 1.82) is 0 Å². The van der Waals surface area contributed by atoms with Gasteiger partial charge in [0.05, 0.1) is 18.1 Å². The highest BCUT2D eigenvalue weighted by Crippen LogP contribution is 2.64. The third kappa shape index (κ3) is 26.9. The largest absolute Gasteiger partial charge is 0.470 e. The van der Waals surface area contributed by atoms with Crippen LogP contribution >= 0.6 is 0 Å². The summed E-state index contributed by atoms with van der Waals surface area (Å²) in [5.41, 5.74) is 56.0. The first-order chi connectivity index (χ1) is 48.8. The molecule has 0 radical (unpaired) electrons. The van der Waals surface area contributed by atoms with Crippen molar-refractivity contribution < 1.29 is 14.6 Å². The van der Waals surface area contributed by atoms with Crippen LogP contribution in [0.2, 0.25) is 0 Å². The van der Waals surface area contributed by atoms with E-state index in [0.29, 0.717) is 53.5 Å². The average molecular weight is 1390 g/mol. The maximum absolute atomic E-state index is 9.52. The molecule has 2 saturated carbocycles. The van der Waals surface area contributed by atoms with E-state index in [1.807, 2.05) is 30.3 Å². The number of aliphatic hydroxyl groups is 2. The SMILES string of the molecule is C1CCNC1.C1CCNCC1.CC1(C)C2CCC1(C)C(N)C2.CC1CCCC(C)N1.CC[C@@H]1CCCNC1O.NC1CCCc2ccccc21.NC1CCc2ccccc21.NC1CCc2ccccc2C1.NC1Cc2ccccc2C1.NC1Cc2ccccc2C1O.NCCNc1ccoc1. The van der Waals surface area contributed by atoms with E-state index in [1.54, 1.807) is 12.5 Å². The minimum atomic E-state index is -0.453. The molecule has 5 heterocycles. The average Bonchev–Trinajstić information content (AvgIpc) is 1.57. The molecule has 4 aliphatic heterocycles. The lowest BCUT2D eigenvalue weighted by Gasteiger charge is -2.37. The Morgan fingerprint density at radius 3 is 1.47 bits per heavy atom. The summed E-state index contributed by atoms with van der Waals surface area (Å²) < 4.78 is 4.81. The number of fused-ring (bicyclic) bond motifs is 7. The van der Waals surface area contributed by atoms with Crippen molar-refractivity contribution in [3.05, 3.63) is 196 Å². The van der Waals surface area contributed by atoms with E-state index in [2.05, 4.69) is 165 Å². The van der Waals surface area contributed by atoms with Crippen molar-refractivity contribution in [2.24, 2.45) is 62.8 Å². The van der Waals surface area contributed by atoms with E-state index in [1.165, 1.54) is 173 Å². The zero-order valence-electron chi connectivity index (χ0n) is 63.2. The predicted octanol–water partition coefficient (Wildman–Crippen LogP) is 13.1. The fourth-order valence-electron chi connectivity index (χ4n) is 16.3. The molecule has 6 fully saturated rings. The molecule has 2 bridgehead atoms. The molecule has 560 valence electrons. The number of nitrogens with one attached hydrogen (secondary N) is 5. The fourth-order valence-corrected chi connectivity index (χ4v) is 16.3. The van der Waals surface area contributed by atoms with Gasteiger partial charge in [0, 0.05) is 61.4 Å². The summed E-state index contributed by atoms with van der Waals surface area (Å²) in [6.45, 7) is 21.2. The van der Waals surface area contributed by atoms with Gasteiger partial charge in [0.25, 0.3) is 0 Å². The first kappa shape index (κ1) is 82.9. The number of anilines is 1. The smallest absolute Gasteiger partial charge is 0.113 e. The van der Waals surface area contributed by atoms with Crippen LogP contribution in [0.15, 0.2) is 144 Å². The minimum Gasteiger partial charge on any atom is -0.470 e. The molecule has 17 rings (SSSR count). The lowest BCUT2D eigenvalue weighted by Crippen LogP contribution is -2.40. The van der Waals surface area contributed by atoms with Crippen molar-refractivity contribution in [2.45, 2.75) is 263 Å². The molecular formula is C86H138N12O3. The molecular weight excluding hydrogens is 1250 g/mol. The van der Waals surface area contributed by atoms with E-state index in [9.17, 15) is 10.2 Å². The Morgan fingerprint density at radius 2 is 1.02 bits per heavy atom. The van der Waals surface area contributed by atoms with Crippen molar-refractivity contribution >= 4 is 5.69 Å². The lowest BCUT2D eigenvalue weighted by molar-refractivity contribution is 0.0480. The second kappa shape index (κ2) is 44.5. The Labute approximate surface area is 610 Å². The third-order valence-corrected chi connectivity index (χ3v) is 23.2. The van der Waals surface area contributed by atoms with E-state index in [0.717, 1.165) is 107 Å². The Kier molecular flexibility index (Phi) is 36.5. The van der Waals surface area contributed by atoms with Crippen LogP contribution in [0.1, 0.15) is 231 Å². The van der Waals surface area contributed by atoms with Crippen LogP contribution in [0.25, 0.3) is 0 Å². The Hall–Kier alpha value is -5.34. The predicted molar refractivity (Wildman–Crippen MR) is 425 cm³/mol. The van der Waals surface area contributed by atoms with Gasteiger partial charge >= 0.3 is 0 Å². The molecule has 11 unspecified atom stereocenters. The van der Waals surface area contributed by atoms with Gasteiger partial charge in [-0.15, -0.1) is 0 Å². The number of aryl methyl sites for hydroxylation is 3. The van der Waals surface area contributed by atoms with Crippen LogP contribution in [0.3, 0.4) is 0 Å². The Balaban J connectivity index is 0.000000157. The van der Waals surface area contributed by atoms with Crippen LogP contribution in [0, 0.1) is 22.7 Å². The molecule has 1 aromatic heterocycles. The monoisotopic (exact) mass is 1390 g/mol. The van der Waals surface area contributed by atoms with Gasteiger partial charge in [-0.2, -0.15) is 0 Å². The summed E-state index contributed by atoms with van der Waals surface area (Å²) in [5.74, 6) is 1.40. The summed E-state index contributed by atoms with van der Waals surface area (Å²) in [6, 6.07) is 47.0. The number of hydrogen-bond acceptors (Lipinski definition) is 15. The van der Waals surface area contributed by atoms with Gasteiger partial charge in [-0.05, 0) is 279 Å². The van der Waals surface area contributed by atoms with Gasteiger partial charge in [0.15, 0.2) is 0 Å². The maximum atomic E-state index is 9.52. The van der Waals surface area contributed by atoms with E-state index in [4.69, 9.17) is 44.6 Å². The van der Waals surface area contributed by atoms with E-state index in [-0.39, 0.29) is 12.3 Å². The molecule has 12 atom stereocenters. The Morgan fingerprint density at radius 1 is 0.505 bits per heavy atom. The number of hydrogen-bond donors (Lipinski definition) is 14. The van der Waals surface area contributed by atoms with Crippen LogP contribution in [0.4, 0.5) is 5.69 Å². The second-order valence-electron chi connectivity index (χ2n) is 31.1. The second-order valence-corrected chi connectivity index (χ2v) is 31.1. The fraction of sp³-hybridized carbons (Fsp3) is 0.605. The molecule has 11 aliphatic rings. The summed E-state index contributed by atoms with van der Waals surface area (Å²) in [4.78, 5) is 0. The van der Waals surface area contributed by atoms with Crippen LogP contribution in [-0.4, -0.2) is 98.5 Å². The molecule has 101 heavy (non-hydrogen) atoms. The zero-order chi connectivity index (χ0) is 72.4. The number of piperidine rings is 3. The Bertz CT molecular complexity index is 3130. The van der Waals surface area contributed by atoms with Gasteiger partial charge in [0.1, 0.15) is 12.5 Å². The van der Waals surface area contributed by atoms with Gasteiger partial charge in [-0.25, -0.2) is 0 Å². The number of furan rings is 1. The van der Waals surface area contributed by atoms with Gasteiger partial charge < -0.3 is 76.0 Å². The number of nitrogens with two attached hydrogens (primary N) is 7. The van der Waals surface area contributed by atoms with Crippen molar-refractivity contribution in [3.8, 4) is 0 Å². The standard InChI is InChI=1S/C10H19N.2C10H13N.C9H11NO.2C9H11N.C7H15NO.C7H15N.C6H10N2O.C5H11N.C4H9N/c1-9(2)7-4-5-10(9,3)8(11)6-7;11-10-7-3-5-8-4-1-2-6-9(8)10;11-10-6-5-8-3-1-2-4-9(8)7-10;10-8-5-6-3-1-2-4-7(6)9(8)11;10-9-5-7-3-1-2-4-8(7)6-9;10-9-6-5-7-3-1-2-4-8(7)9;1-2-6-4-3-5-8-7(6)9;1-6-4-3-5-7(2)8-6;7-2-3-8-6-1-4-9-5-6;1-2-4-6-5-3-1;1-2-4-5-3-1/h7-8H,4-6,11H2,1-3H3;1-2,4,6,10H,3,5,7,11H2;1-4,10H,5-7,11H2;1-4,8-9,11H,5,10H2;2*1-4,9H,5-6,10H2;6-9H,2-5H2,1H3;6-8H,3-5H2,1-2H3;1,4-5,8H,2-3,7H2;6H,1-5H2;5H,1-4H2/t;;;;;;6-,7?;;;;/m......1..../s1. The zero-order valence-corrected chi connectivity index (χ0v) is 63.2. The van der Waals surface area contributed by atoms with Crippen LogP contribution < -0.4 is 66.7 Å². The molecule has 15 heteroatoms. The van der Waals surface area contributed by atoms with Crippen molar-refractivity contribution in [2.75, 3.05) is 51.1 Å². The molecule has 4 saturated heterocycles. The molecule has 0 spiro atoms. The molecule has 5 aromatic carbocycles. The topological polar surface area (TPSA) is 296 Å². The van der Waals surface area contributed by atoms with Gasteiger partial charge in [-0.3, -0.25) is 5.32 Å². The summed E-state index contributed by atoms with van der Waals surface area (Å²) in [6.07, 6.45) is 33.5. The summed E-state index contributed by atoms with van der Waals surface area (Å²) in [5, 5.41) is 34.9. The first-order valence-electron chi connectivity index (χ1n) is 39.4. The molecule has 15 nitrogen and oxygen atoms in total. The van der Waals surface area contributed by atoms with Gasteiger partial charge in [0.2, 0.25) is 0 Å². The van der Waals surface area contributed by atoms with E-state index < -0.39 is 6.10 Å². The van der Waals surface area contributed by atoms with Crippen LogP contribution in [-0.2, 0) is 44.9 Å². The highest BCUT2D eigenvalue weighted by atomic mass is 16.3. The van der Waals surface area contributed by atoms with E-state index >= 15 is 0 Å². The summed E-state index contributed by atoms with van der Waals surface area (Å²) in [7, 11) is 0. The quantitative estimate of drug-likeness (QED) is 0.0781. The lowest BCUT2D eigenvalue weighted by atomic mass is 9.69. The molecule has 21 N–H and O–H groups in total. The normalized spacial score (nSPS) is 27.7. The van der Waals surface area contributed by atoms with Crippen molar-refractivity contribution in [1.82, 2.24) is 21.3 Å². The summed E-state index contributed by atoms with van der Waals surface area (Å²) >= 11 is 0. The van der Waals surface area contributed by atoms with Crippen LogP contribution in [0.5, 0.6) is 0 Å². The molecule has 0 amide bonds. The minimum absolute atomic E-state index is 0.104. The van der Waals surface area contributed by atoms with Crippen molar-refractivity contribution in [3.63, 3.8) is 0 Å². The highest BCUT2D eigenvalue weighted by molar-refractivity contribution is 5.39. The number of benzene rings is 5. The molecule has 7 aliphatic carbocycles. The first-order valence-corrected chi connectivity index (χ1v) is 39.4. The number of aliphatic hydroxyl groups excluding tert-OH is 2. The highest BCUT2D eigenvalue weighted by Gasteiger charge is 2.60.